The maximum atomic E-state index is 12.4. The van der Waals surface area contributed by atoms with Crippen molar-refractivity contribution in [3.63, 3.8) is 0 Å². The molecule has 3 rings (SSSR count). The fraction of sp³-hybridized carbons (Fsp3) is 0.500. The predicted molar refractivity (Wildman–Crippen MR) is 118 cm³/mol. The van der Waals surface area contributed by atoms with E-state index < -0.39 is 0 Å². The van der Waals surface area contributed by atoms with Crippen LogP contribution in [0.2, 0.25) is 0 Å². The summed E-state index contributed by atoms with van der Waals surface area (Å²) in [6, 6.07) is 0. The molecule has 7 nitrogen and oxygen atoms in total. The van der Waals surface area contributed by atoms with Crippen LogP contribution in [0.1, 0.15) is 49.0 Å². The molecule has 1 amide bonds. The molecule has 3 aromatic rings. The number of nitrogens with zero attached hydrogens (tertiary/aromatic N) is 3. The number of H-pyrrole nitrogens is 1. The number of carbonyl (C=O) groups is 1. The normalized spacial score (nSPS) is 13.1. The molecule has 2 N–H and O–H groups in total. The molecule has 1 unspecified atom stereocenters. The number of aromatic amines is 1. The van der Waals surface area contributed by atoms with Gasteiger partial charge in [-0.15, -0.1) is 33.3 Å². The van der Waals surface area contributed by atoms with E-state index in [4.69, 9.17) is 0 Å². The number of aryl methyl sites for hydroxylation is 2. The molecule has 0 aliphatic heterocycles. The van der Waals surface area contributed by atoms with Crippen LogP contribution in [0.15, 0.2) is 4.79 Å². The molecule has 150 valence electrons. The monoisotopic (exact) mass is 437 g/mol. The second-order valence-electron chi connectivity index (χ2n) is 7.58. The maximum Gasteiger partial charge on any atom is 0.259 e. The number of thioether (sulfide) groups is 1. The molecule has 0 fully saturated rings. The molecule has 0 bridgehead atoms. The van der Waals surface area contributed by atoms with Crippen molar-refractivity contribution in [2.24, 2.45) is 0 Å². The number of fused-ring (bicyclic) bond motifs is 1. The zero-order chi connectivity index (χ0) is 20.6. The van der Waals surface area contributed by atoms with Gasteiger partial charge in [0.25, 0.3) is 5.56 Å². The Hall–Kier alpha value is -1.78. The molecule has 0 radical (unpaired) electrons. The first-order chi connectivity index (χ1) is 13.1. The van der Waals surface area contributed by atoms with Gasteiger partial charge in [0, 0.05) is 10.3 Å². The molecule has 3 heterocycles. The Bertz CT molecular complexity index is 1080. The number of amides is 1. The van der Waals surface area contributed by atoms with Gasteiger partial charge in [-0.25, -0.2) is 4.98 Å². The lowest BCUT2D eigenvalue weighted by Crippen LogP contribution is -2.23. The van der Waals surface area contributed by atoms with E-state index in [0.29, 0.717) is 22.1 Å². The van der Waals surface area contributed by atoms with Gasteiger partial charge < -0.3 is 4.98 Å². The number of aromatic nitrogens is 4. The molecular formula is C18H23N5O2S3. The van der Waals surface area contributed by atoms with E-state index in [-0.39, 0.29) is 22.1 Å². The van der Waals surface area contributed by atoms with E-state index in [1.165, 1.54) is 34.4 Å². The molecule has 0 saturated carbocycles. The van der Waals surface area contributed by atoms with Crippen molar-refractivity contribution >= 4 is 55.7 Å². The van der Waals surface area contributed by atoms with E-state index in [2.05, 4.69) is 46.3 Å². The van der Waals surface area contributed by atoms with Crippen molar-refractivity contribution in [1.82, 2.24) is 20.2 Å². The largest absolute Gasteiger partial charge is 0.309 e. The lowest BCUT2D eigenvalue weighted by molar-refractivity contribution is -0.115. The average Bonchev–Trinajstić information content (AvgIpc) is 3.17. The van der Waals surface area contributed by atoms with Gasteiger partial charge in [0.05, 0.1) is 16.4 Å². The minimum Gasteiger partial charge on any atom is -0.309 e. The summed E-state index contributed by atoms with van der Waals surface area (Å²) in [7, 11) is 0. The van der Waals surface area contributed by atoms with Gasteiger partial charge in [-0.05, 0) is 26.3 Å². The molecule has 0 aliphatic rings. The second kappa shape index (κ2) is 7.92. The van der Waals surface area contributed by atoms with E-state index >= 15 is 0 Å². The van der Waals surface area contributed by atoms with Gasteiger partial charge in [0.2, 0.25) is 11.0 Å². The molecule has 28 heavy (non-hydrogen) atoms. The number of thiophene rings is 1. The van der Waals surface area contributed by atoms with Crippen LogP contribution < -0.4 is 10.9 Å². The molecule has 0 spiro atoms. The summed E-state index contributed by atoms with van der Waals surface area (Å²) >= 11 is 4.32. The molecule has 10 heteroatoms. The quantitative estimate of drug-likeness (QED) is 0.625. The van der Waals surface area contributed by atoms with Crippen molar-refractivity contribution in [3.05, 3.63) is 31.6 Å². The third-order valence-corrected chi connectivity index (χ3v) is 7.74. The summed E-state index contributed by atoms with van der Waals surface area (Å²) in [6.07, 6.45) is 0. The summed E-state index contributed by atoms with van der Waals surface area (Å²) in [6.45, 7) is 11.9. The van der Waals surface area contributed by atoms with Gasteiger partial charge in [0.1, 0.15) is 15.7 Å². The Morgan fingerprint density at radius 2 is 1.96 bits per heavy atom. The number of anilines is 1. The van der Waals surface area contributed by atoms with Crippen LogP contribution in [0.4, 0.5) is 5.13 Å². The van der Waals surface area contributed by atoms with Crippen LogP contribution in [0.3, 0.4) is 0 Å². The van der Waals surface area contributed by atoms with Crippen LogP contribution in [0.25, 0.3) is 10.2 Å². The minimum atomic E-state index is -0.324. The summed E-state index contributed by atoms with van der Waals surface area (Å²) in [5.41, 5.74) is 0.755. The smallest absolute Gasteiger partial charge is 0.259 e. The Kier molecular flexibility index (Phi) is 5.92. The van der Waals surface area contributed by atoms with E-state index in [1.807, 2.05) is 20.8 Å². The van der Waals surface area contributed by atoms with Crippen LogP contribution in [0.5, 0.6) is 0 Å². The lowest BCUT2D eigenvalue weighted by atomic mass is 9.98. The van der Waals surface area contributed by atoms with Crippen LogP contribution in [-0.2, 0) is 16.0 Å². The van der Waals surface area contributed by atoms with Crippen LogP contribution >= 0.6 is 34.4 Å². The first-order valence-electron chi connectivity index (χ1n) is 8.81. The second-order valence-corrected chi connectivity index (χ2v) is 11.1. The third-order valence-electron chi connectivity index (χ3n) is 4.22. The van der Waals surface area contributed by atoms with Crippen molar-refractivity contribution in [3.8, 4) is 0 Å². The summed E-state index contributed by atoms with van der Waals surface area (Å²) in [5, 5.41) is 12.7. The molecule has 3 aromatic heterocycles. The standard InChI is InChI=1S/C18H23N5O2S3/c1-8-9(2)27-15-12(8)14(25)19-11(20-15)7-26-10(3)13(24)21-17-23-22-16(28-17)18(4,5)6/h10H,7H2,1-6H3,(H,19,20,25)(H,21,23,24). The molecular weight excluding hydrogens is 414 g/mol. The summed E-state index contributed by atoms with van der Waals surface area (Å²) in [4.78, 5) is 34.0. The third kappa shape index (κ3) is 4.44. The van der Waals surface area contributed by atoms with Crippen molar-refractivity contribution in [2.45, 2.75) is 58.0 Å². The fourth-order valence-electron chi connectivity index (χ4n) is 2.43. The maximum absolute atomic E-state index is 12.4. The number of carbonyl (C=O) groups excluding carboxylic acids is 1. The van der Waals surface area contributed by atoms with E-state index in [9.17, 15) is 9.59 Å². The fourth-order valence-corrected chi connectivity index (χ4v) is 5.04. The average molecular weight is 438 g/mol. The number of hydrogen-bond donors (Lipinski definition) is 2. The van der Waals surface area contributed by atoms with Crippen molar-refractivity contribution in [1.29, 1.82) is 0 Å². The van der Waals surface area contributed by atoms with Crippen molar-refractivity contribution in [2.75, 3.05) is 5.32 Å². The van der Waals surface area contributed by atoms with Crippen molar-refractivity contribution < 1.29 is 4.79 Å². The number of rotatable bonds is 5. The highest BCUT2D eigenvalue weighted by Gasteiger charge is 2.22. The van der Waals surface area contributed by atoms with Gasteiger partial charge >= 0.3 is 0 Å². The Balaban J connectivity index is 1.64. The van der Waals surface area contributed by atoms with E-state index in [1.54, 1.807) is 0 Å². The van der Waals surface area contributed by atoms with Crippen LogP contribution in [0, 0.1) is 13.8 Å². The first kappa shape index (κ1) is 20.9. The number of nitrogens with one attached hydrogen (secondary N) is 2. The predicted octanol–water partition coefficient (Wildman–Crippen LogP) is 4.01. The zero-order valence-corrected chi connectivity index (χ0v) is 19.1. The molecule has 0 saturated heterocycles. The number of hydrogen-bond acceptors (Lipinski definition) is 8. The minimum absolute atomic E-state index is 0.101. The Morgan fingerprint density at radius 1 is 1.25 bits per heavy atom. The zero-order valence-electron chi connectivity index (χ0n) is 16.7. The highest BCUT2D eigenvalue weighted by atomic mass is 32.2. The highest BCUT2D eigenvalue weighted by Crippen LogP contribution is 2.29. The van der Waals surface area contributed by atoms with Gasteiger partial charge in [0.15, 0.2) is 0 Å². The molecule has 0 aromatic carbocycles. The van der Waals surface area contributed by atoms with Gasteiger partial charge in [-0.2, -0.15) is 0 Å². The SMILES string of the molecule is Cc1sc2nc(CSC(C)C(=O)Nc3nnc(C(C)(C)C)s3)[nH]c(=O)c2c1C. The summed E-state index contributed by atoms with van der Waals surface area (Å²) in [5.74, 6) is 0.876. The highest BCUT2D eigenvalue weighted by molar-refractivity contribution is 7.99. The Morgan fingerprint density at radius 3 is 2.61 bits per heavy atom. The van der Waals surface area contributed by atoms with Gasteiger partial charge in [-0.1, -0.05) is 32.1 Å². The lowest BCUT2D eigenvalue weighted by Gasteiger charge is -2.12. The molecule has 1 atom stereocenters. The van der Waals surface area contributed by atoms with Crippen LogP contribution in [-0.4, -0.2) is 31.3 Å². The van der Waals surface area contributed by atoms with E-state index in [0.717, 1.165) is 20.3 Å². The molecule has 0 aliphatic carbocycles. The topological polar surface area (TPSA) is 101 Å². The van der Waals surface area contributed by atoms with Gasteiger partial charge in [-0.3, -0.25) is 14.9 Å². The summed E-state index contributed by atoms with van der Waals surface area (Å²) < 4.78 is 0. The Labute approximate surface area is 175 Å². The first-order valence-corrected chi connectivity index (χ1v) is 11.5.